The van der Waals surface area contributed by atoms with Crippen LogP contribution in [0, 0.1) is 0 Å². The van der Waals surface area contributed by atoms with Crippen molar-refractivity contribution < 1.29 is 9.53 Å². The molecule has 0 bridgehead atoms. The van der Waals surface area contributed by atoms with Crippen molar-refractivity contribution in [1.29, 1.82) is 0 Å². The molecule has 116 valence electrons. The number of morpholine rings is 1. The van der Waals surface area contributed by atoms with Crippen LogP contribution in [0.4, 0.5) is 5.82 Å². The molecule has 1 saturated heterocycles. The summed E-state index contributed by atoms with van der Waals surface area (Å²) in [6, 6.07) is 3.43. The summed E-state index contributed by atoms with van der Waals surface area (Å²) in [7, 11) is 1.76. The van der Waals surface area contributed by atoms with Gasteiger partial charge in [-0.15, -0.1) is 0 Å². The number of carbonyl (C=O) groups is 1. The minimum Gasteiger partial charge on any atom is -0.373 e. The van der Waals surface area contributed by atoms with Crippen molar-refractivity contribution in [3.8, 4) is 0 Å². The summed E-state index contributed by atoms with van der Waals surface area (Å²) in [5.74, 6) is 0.455. The average molecular weight is 312 g/mol. The molecule has 2 rings (SSSR count). The van der Waals surface area contributed by atoms with Gasteiger partial charge in [0.1, 0.15) is 11.5 Å². The molecule has 21 heavy (non-hydrogen) atoms. The Morgan fingerprint density at radius 1 is 1.29 bits per heavy atom. The van der Waals surface area contributed by atoms with Crippen molar-refractivity contribution in [2.45, 2.75) is 38.9 Å². The van der Waals surface area contributed by atoms with Crippen LogP contribution in [0.1, 0.15) is 38.2 Å². The molecule has 0 aliphatic carbocycles. The summed E-state index contributed by atoms with van der Waals surface area (Å²) in [6.45, 7) is 8.94. The number of ether oxygens (including phenoxy) is 1. The molecule has 1 N–H and O–H groups in total. The van der Waals surface area contributed by atoms with E-state index in [-0.39, 0.29) is 11.6 Å². The van der Waals surface area contributed by atoms with Gasteiger partial charge in [0, 0.05) is 20.1 Å². The highest BCUT2D eigenvalue weighted by atomic mass is 35.5. The van der Waals surface area contributed by atoms with E-state index in [1.165, 1.54) is 0 Å². The molecule has 0 unspecified atom stereocenters. The molecular weight excluding hydrogens is 290 g/mol. The van der Waals surface area contributed by atoms with Crippen molar-refractivity contribution in [2.24, 2.45) is 0 Å². The molecule has 1 aliphatic rings. The minimum absolute atomic E-state index is 0.165. The van der Waals surface area contributed by atoms with Crippen LogP contribution in [-0.2, 0) is 4.74 Å². The van der Waals surface area contributed by atoms with Gasteiger partial charge < -0.3 is 15.0 Å². The van der Waals surface area contributed by atoms with E-state index >= 15 is 0 Å². The van der Waals surface area contributed by atoms with E-state index < -0.39 is 11.2 Å². The summed E-state index contributed by atoms with van der Waals surface area (Å²) >= 11 is 6.14. The number of rotatable bonds is 2. The highest BCUT2D eigenvalue weighted by Crippen LogP contribution is 2.29. The number of nitrogens with one attached hydrogen (secondary N) is 1. The second-order valence-corrected chi connectivity index (χ2v) is 6.97. The Balaban J connectivity index is 2.31. The SMILES string of the molecule is CNc1ccc(Cl)c(C(=O)N2CC(C)(C)OC(C)(C)C2)n1. The predicted molar refractivity (Wildman–Crippen MR) is 83.9 cm³/mol. The number of hydrogen-bond acceptors (Lipinski definition) is 4. The van der Waals surface area contributed by atoms with Gasteiger partial charge in [0.05, 0.1) is 16.2 Å². The topological polar surface area (TPSA) is 54.5 Å². The minimum atomic E-state index is -0.398. The zero-order valence-corrected chi connectivity index (χ0v) is 13.9. The number of nitrogens with zero attached hydrogens (tertiary/aromatic N) is 2. The van der Waals surface area contributed by atoms with Gasteiger partial charge >= 0.3 is 0 Å². The molecule has 1 amide bonds. The fourth-order valence-corrected chi connectivity index (χ4v) is 3.00. The lowest BCUT2D eigenvalue weighted by Crippen LogP contribution is -2.58. The number of halogens is 1. The maximum atomic E-state index is 12.8. The average Bonchev–Trinajstić information content (AvgIpc) is 2.35. The third-order valence-electron chi connectivity index (χ3n) is 3.29. The Bertz CT molecular complexity index is 542. The largest absolute Gasteiger partial charge is 0.373 e. The molecule has 1 aromatic heterocycles. The fraction of sp³-hybridized carbons (Fsp3) is 0.600. The second-order valence-electron chi connectivity index (χ2n) is 6.56. The lowest BCUT2D eigenvalue weighted by Gasteiger charge is -2.47. The van der Waals surface area contributed by atoms with E-state index in [9.17, 15) is 4.79 Å². The number of hydrogen-bond donors (Lipinski definition) is 1. The maximum Gasteiger partial charge on any atom is 0.274 e. The molecule has 1 aromatic rings. The van der Waals surface area contributed by atoms with Gasteiger partial charge in [-0.25, -0.2) is 4.98 Å². The first-order valence-corrected chi connectivity index (χ1v) is 7.35. The van der Waals surface area contributed by atoms with E-state index in [2.05, 4.69) is 10.3 Å². The van der Waals surface area contributed by atoms with E-state index in [1.54, 1.807) is 24.1 Å². The first-order valence-electron chi connectivity index (χ1n) is 6.97. The van der Waals surface area contributed by atoms with E-state index in [4.69, 9.17) is 16.3 Å². The van der Waals surface area contributed by atoms with Crippen LogP contribution in [0.5, 0.6) is 0 Å². The fourth-order valence-electron chi connectivity index (χ4n) is 2.81. The molecular formula is C15H22ClN3O2. The first kappa shape index (κ1) is 16.0. The van der Waals surface area contributed by atoms with Gasteiger partial charge in [0.25, 0.3) is 5.91 Å². The number of aromatic nitrogens is 1. The zero-order chi connectivity index (χ0) is 15.8. The van der Waals surface area contributed by atoms with Crippen molar-refractivity contribution in [3.63, 3.8) is 0 Å². The molecule has 0 spiro atoms. The second kappa shape index (κ2) is 5.46. The summed E-state index contributed by atoms with van der Waals surface area (Å²) in [5, 5.41) is 3.28. The molecule has 6 heteroatoms. The van der Waals surface area contributed by atoms with Crippen LogP contribution in [0.25, 0.3) is 0 Å². The summed E-state index contributed by atoms with van der Waals surface area (Å²) in [4.78, 5) is 18.8. The zero-order valence-electron chi connectivity index (χ0n) is 13.2. The van der Waals surface area contributed by atoms with Gasteiger partial charge in [0.15, 0.2) is 0 Å². The van der Waals surface area contributed by atoms with Crippen molar-refractivity contribution in [3.05, 3.63) is 22.8 Å². The standard InChI is InChI=1S/C15H22ClN3O2/c1-14(2)8-19(9-15(3,4)21-14)13(20)12-10(16)6-7-11(17-5)18-12/h6-7H,8-9H2,1-5H3,(H,17,18). The van der Waals surface area contributed by atoms with Crippen LogP contribution in [0.3, 0.4) is 0 Å². The quantitative estimate of drug-likeness (QED) is 0.912. The van der Waals surface area contributed by atoms with E-state index in [0.29, 0.717) is 23.9 Å². The molecule has 2 heterocycles. The molecule has 1 fully saturated rings. The summed E-state index contributed by atoms with van der Waals surface area (Å²) in [6.07, 6.45) is 0. The molecule has 0 saturated carbocycles. The molecule has 0 atom stereocenters. The third kappa shape index (κ3) is 3.66. The smallest absolute Gasteiger partial charge is 0.274 e. The van der Waals surface area contributed by atoms with Crippen LogP contribution in [0.2, 0.25) is 5.02 Å². The van der Waals surface area contributed by atoms with Crippen molar-refractivity contribution >= 4 is 23.3 Å². The van der Waals surface area contributed by atoms with Gasteiger partial charge in [-0.3, -0.25) is 4.79 Å². The Hall–Kier alpha value is -1.33. The summed E-state index contributed by atoms with van der Waals surface area (Å²) in [5.41, 5.74) is -0.522. The van der Waals surface area contributed by atoms with Gasteiger partial charge in [-0.05, 0) is 39.8 Å². The highest BCUT2D eigenvalue weighted by molar-refractivity contribution is 6.33. The molecule has 1 aliphatic heterocycles. The number of anilines is 1. The van der Waals surface area contributed by atoms with Crippen LogP contribution < -0.4 is 5.32 Å². The van der Waals surface area contributed by atoms with Crippen molar-refractivity contribution in [1.82, 2.24) is 9.88 Å². The molecule has 5 nitrogen and oxygen atoms in total. The van der Waals surface area contributed by atoms with Crippen LogP contribution in [0.15, 0.2) is 12.1 Å². The Labute approximate surface area is 130 Å². The van der Waals surface area contributed by atoms with E-state index in [1.807, 2.05) is 27.7 Å². The normalized spacial score (nSPS) is 20.2. The van der Waals surface area contributed by atoms with Gasteiger partial charge in [0.2, 0.25) is 0 Å². The Morgan fingerprint density at radius 3 is 2.38 bits per heavy atom. The van der Waals surface area contributed by atoms with E-state index in [0.717, 1.165) is 0 Å². The number of amides is 1. The molecule has 0 radical (unpaired) electrons. The van der Waals surface area contributed by atoms with Crippen LogP contribution >= 0.6 is 11.6 Å². The first-order chi connectivity index (χ1) is 9.63. The Kier molecular flexibility index (Phi) is 4.17. The highest BCUT2D eigenvalue weighted by Gasteiger charge is 2.40. The van der Waals surface area contributed by atoms with Crippen molar-refractivity contribution in [2.75, 3.05) is 25.5 Å². The lowest BCUT2D eigenvalue weighted by atomic mass is 9.98. The third-order valence-corrected chi connectivity index (χ3v) is 3.59. The van der Waals surface area contributed by atoms with Crippen LogP contribution in [-0.4, -0.2) is 47.1 Å². The Morgan fingerprint density at radius 2 is 1.86 bits per heavy atom. The predicted octanol–water partition coefficient (Wildman–Crippen LogP) is 2.81. The van der Waals surface area contributed by atoms with Gasteiger partial charge in [-0.2, -0.15) is 0 Å². The monoisotopic (exact) mass is 311 g/mol. The van der Waals surface area contributed by atoms with Gasteiger partial charge in [-0.1, -0.05) is 11.6 Å². The molecule has 0 aromatic carbocycles. The number of carbonyl (C=O) groups excluding carboxylic acids is 1. The lowest BCUT2D eigenvalue weighted by molar-refractivity contribution is -0.171. The maximum absolute atomic E-state index is 12.8. The number of pyridine rings is 1. The summed E-state index contributed by atoms with van der Waals surface area (Å²) < 4.78 is 5.99.